The summed E-state index contributed by atoms with van der Waals surface area (Å²) < 4.78 is 5.27. The summed E-state index contributed by atoms with van der Waals surface area (Å²) in [5.41, 5.74) is 2.54. The van der Waals surface area contributed by atoms with Crippen LogP contribution in [-0.2, 0) is 16.0 Å². The number of carbonyl (C=O) groups is 2. The maximum atomic E-state index is 12.5. The third kappa shape index (κ3) is 5.74. The number of ether oxygens (including phenoxy) is 1. The van der Waals surface area contributed by atoms with Crippen LogP contribution in [0.15, 0.2) is 47.5 Å². The molecule has 1 saturated heterocycles. The number of hydrogen-bond donors (Lipinski definition) is 2. The van der Waals surface area contributed by atoms with E-state index in [4.69, 9.17) is 16.3 Å². The fraction of sp³-hybridized carbons (Fsp3) is 0.286. The zero-order valence-corrected chi connectivity index (χ0v) is 17.8. The van der Waals surface area contributed by atoms with Crippen molar-refractivity contribution in [2.75, 3.05) is 19.0 Å². The van der Waals surface area contributed by atoms with Crippen molar-refractivity contribution < 1.29 is 14.3 Å². The van der Waals surface area contributed by atoms with Gasteiger partial charge in [0.1, 0.15) is 11.0 Å². The summed E-state index contributed by atoms with van der Waals surface area (Å²) in [4.78, 5) is 29.1. The molecule has 8 heteroatoms. The number of hydrogen-bond acceptors (Lipinski definition) is 5. The average Bonchev–Trinajstić information content (AvgIpc) is 3.04. The summed E-state index contributed by atoms with van der Waals surface area (Å²) in [6.07, 6.45) is 0.834. The molecule has 1 atom stereocenters. The molecule has 0 radical (unpaired) electrons. The van der Waals surface area contributed by atoms with Gasteiger partial charge in [-0.15, -0.1) is 0 Å². The van der Waals surface area contributed by atoms with Crippen LogP contribution in [0, 0.1) is 6.92 Å². The number of aliphatic imine (C=N–C) groups is 1. The van der Waals surface area contributed by atoms with Gasteiger partial charge >= 0.3 is 0 Å². The molecule has 29 heavy (non-hydrogen) atoms. The molecule has 0 aromatic heterocycles. The molecular weight excluding hydrogens is 410 g/mol. The lowest BCUT2D eigenvalue weighted by Crippen LogP contribution is -2.28. The van der Waals surface area contributed by atoms with Crippen molar-refractivity contribution in [2.45, 2.75) is 25.0 Å². The van der Waals surface area contributed by atoms with Gasteiger partial charge < -0.3 is 15.4 Å². The van der Waals surface area contributed by atoms with Crippen LogP contribution in [0.3, 0.4) is 0 Å². The minimum absolute atomic E-state index is 0.0407. The van der Waals surface area contributed by atoms with E-state index in [0.29, 0.717) is 28.2 Å². The molecule has 2 N–H and O–H groups in total. The minimum Gasteiger partial charge on any atom is -0.495 e. The molecule has 0 spiro atoms. The summed E-state index contributed by atoms with van der Waals surface area (Å²) in [7, 11) is 1.51. The first-order valence-corrected chi connectivity index (χ1v) is 10.4. The van der Waals surface area contributed by atoms with Gasteiger partial charge in [-0.05, 0) is 30.5 Å². The Balaban J connectivity index is 1.55. The lowest BCUT2D eigenvalue weighted by molar-refractivity contribution is -0.122. The molecule has 1 heterocycles. The van der Waals surface area contributed by atoms with Gasteiger partial charge in [0.25, 0.3) is 0 Å². The predicted octanol–water partition coefficient (Wildman–Crippen LogP) is 3.82. The molecule has 0 saturated carbocycles. The molecule has 0 bridgehead atoms. The number of carbonyl (C=O) groups excluding carboxylic acids is 2. The molecule has 1 aliphatic rings. The van der Waals surface area contributed by atoms with Gasteiger partial charge in [0, 0.05) is 24.1 Å². The number of nitrogens with one attached hydrogen (secondary N) is 2. The van der Waals surface area contributed by atoms with Crippen LogP contribution < -0.4 is 15.4 Å². The fourth-order valence-electron chi connectivity index (χ4n) is 2.85. The van der Waals surface area contributed by atoms with Gasteiger partial charge in [0.2, 0.25) is 11.8 Å². The van der Waals surface area contributed by atoms with Crippen molar-refractivity contribution in [3.05, 3.63) is 58.6 Å². The molecule has 2 aromatic carbocycles. The quantitative estimate of drug-likeness (QED) is 0.698. The molecule has 6 nitrogen and oxygen atoms in total. The Labute approximate surface area is 179 Å². The molecule has 1 fully saturated rings. The van der Waals surface area contributed by atoms with Gasteiger partial charge in [0.05, 0.1) is 12.8 Å². The number of amides is 2. The van der Waals surface area contributed by atoms with Crippen molar-refractivity contribution in [1.82, 2.24) is 5.32 Å². The second-order valence-electron chi connectivity index (χ2n) is 6.57. The Morgan fingerprint density at radius 1 is 1.31 bits per heavy atom. The first-order valence-electron chi connectivity index (χ1n) is 9.16. The van der Waals surface area contributed by atoms with Crippen LogP contribution in [0.4, 0.5) is 5.69 Å². The summed E-state index contributed by atoms with van der Waals surface area (Å²) in [5, 5.41) is 6.16. The van der Waals surface area contributed by atoms with E-state index < -0.39 is 5.25 Å². The number of methoxy groups -OCH3 is 1. The highest BCUT2D eigenvalue weighted by Gasteiger charge is 2.32. The Kier molecular flexibility index (Phi) is 7.17. The Hall–Kier alpha value is -2.51. The first-order chi connectivity index (χ1) is 14.0. The van der Waals surface area contributed by atoms with Crippen LogP contribution in [0.2, 0.25) is 5.02 Å². The third-order valence-corrected chi connectivity index (χ3v) is 5.93. The number of thioether (sulfide) groups is 1. The highest BCUT2D eigenvalue weighted by atomic mass is 35.5. The van der Waals surface area contributed by atoms with Crippen molar-refractivity contribution in [3.8, 4) is 5.75 Å². The van der Waals surface area contributed by atoms with E-state index in [9.17, 15) is 9.59 Å². The molecule has 152 valence electrons. The molecule has 2 aromatic rings. The van der Waals surface area contributed by atoms with Crippen molar-refractivity contribution in [1.29, 1.82) is 0 Å². The number of anilines is 1. The molecule has 0 aliphatic carbocycles. The van der Waals surface area contributed by atoms with Gasteiger partial charge in [-0.25, -0.2) is 0 Å². The maximum absolute atomic E-state index is 12.5. The summed E-state index contributed by atoms with van der Waals surface area (Å²) in [6, 6.07) is 13.4. The summed E-state index contributed by atoms with van der Waals surface area (Å²) in [6.45, 7) is 2.42. The SMILES string of the molecule is COc1cc(Cl)c(C)cc1NC(=O)CC1SC(=NCCc2ccccc2)NC1=O. The Bertz CT molecular complexity index is 934. The van der Waals surface area contributed by atoms with E-state index in [1.165, 1.54) is 24.4 Å². The van der Waals surface area contributed by atoms with Crippen molar-refractivity contribution >= 4 is 46.0 Å². The summed E-state index contributed by atoms with van der Waals surface area (Å²) in [5.74, 6) is -0.00768. The van der Waals surface area contributed by atoms with Crippen molar-refractivity contribution in [2.24, 2.45) is 4.99 Å². The van der Waals surface area contributed by atoms with Crippen LogP contribution in [0.25, 0.3) is 0 Å². The molecule has 3 rings (SSSR count). The third-order valence-electron chi connectivity index (χ3n) is 4.40. The van der Waals surface area contributed by atoms with Crippen LogP contribution in [-0.4, -0.2) is 35.9 Å². The lowest BCUT2D eigenvalue weighted by Gasteiger charge is -2.13. The first kappa shape index (κ1) is 21.2. The van der Waals surface area contributed by atoms with E-state index in [-0.39, 0.29) is 18.2 Å². The van der Waals surface area contributed by atoms with E-state index in [2.05, 4.69) is 15.6 Å². The second-order valence-corrected chi connectivity index (χ2v) is 8.17. The largest absolute Gasteiger partial charge is 0.495 e. The van der Waals surface area contributed by atoms with Gasteiger partial charge in [-0.1, -0.05) is 53.7 Å². The maximum Gasteiger partial charge on any atom is 0.240 e. The van der Waals surface area contributed by atoms with Crippen LogP contribution in [0.1, 0.15) is 17.5 Å². The van der Waals surface area contributed by atoms with E-state index in [0.717, 1.165) is 12.0 Å². The van der Waals surface area contributed by atoms with Gasteiger partial charge in [-0.3, -0.25) is 14.6 Å². The average molecular weight is 432 g/mol. The molecule has 1 aliphatic heterocycles. The smallest absolute Gasteiger partial charge is 0.240 e. The fourth-order valence-corrected chi connectivity index (χ4v) is 3.99. The topological polar surface area (TPSA) is 79.8 Å². The van der Waals surface area contributed by atoms with Crippen LogP contribution in [0.5, 0.6) is 5.75 Å². The van der Waals surface area contributed by atoms with E-state index in [1.807, 2.05) is 37.3 Å². The van der Waals surface area contributed by atoms with Gasteiger partial charge in [-0.2, -0.15) is 0 Å². The Morgan fingerprint density at radius 2 is 2.07 bits per heavy atom. The molecule has 2 amide bonds. The van der Waals surface area contributed by atoms with Crippen LogP contribution >= 0.6 is 23.4 Å². The molecular formula is C21H22ClN3O3S. The standard InChI is InChI=1S/C21H22ClN3O3S/c1-13-10-16(17(28-2)11-15(13)22)24-19(26)12-18-20(27)25-21(29-18)23-9-8-14-6-4-3-5-7-14/h3-7,10-11,18H,8-9,12H2,1-2H3,(H,24,26)(H,23,25,27). The normalized spacial score (nSPS) is 17.3. The second kappa shape index (κ2) is 9.80. The molecule has 1 unspecified atom stereocenters. The van der Waals surface area contributed by atoms with Gasteiger partial charge in [0.15, 0.2) is 5.17 Å². The highest BCUT2D eigenvalue weighted by molar-refractivity contribution is 8.15. The van der Waals surface area contributed by atoms with Crippen molar-refractivity contribution in [3.63, 3.8) is 0 Å². The summed E-state index contributed by atoms with van der Waals surface area (Å²) >= 11 is 7.38. The number of aryl methyl sites for hydroxylation is 1. The van der Waals surface area contributed by atoms with E-state index >= 15 is 0 Å². The highest BCUT2D eigenvalue weighted by Crippen LogP contribution is 2.31. The lowest BCUT2D eigenvalue weighted by atomic mass is 10.2. The minimum atomic E-state index is -0.509. The zero-order chi connectivity index (χ0) is 20.8. The van der Waals surface area contributed by atoms with E-state index in [1.54, 1.807) is 12.1 Å². The number of nitrogens with zero attached hydrogens (tertiary/aromatic N) is 1. The zero-order valence-electron chi connectivity index (χ0n) is 16.2. The number of halogens is 1. The Morgan fingerprint density at radius 3 is 2.79 bits per heavy atom. The number of benzene rings is 2. The number of rotatable bonds is 7. The predicted molar refractivity (Wildman–Crippen MR) is 118 cm³/mol. The number of amidine groups is 1. The monoisotopic (exact) mass is 431 g/mol.